The van der Waals surface area contributed by atoms with Crippen molar-refractivity contribution in [1.82, 2.24) is 19.3 Å². The topological polar surface area (TPSA) is 52.7 Å². The standard InChI is InChI=1S/C21H20N4O/c1-14-5-4-6-17(10-14)12-24-13-22-20-18(21(24)26)11-23-25(20)19-8-7-15(2)9-16(19)3/h4-11,13H,12H2,1-3H3. The molecule has 0 bridgehead atoms. The van der Waals surface area contributed by atoms with E-state index in [0.29, 0.717) is 17.6 Å². The molecule has 0 aliphatic carbocycles. The normalized spacial score (nSPS) is 11.2. The van der Waals surface area contributed by atoms with Crippen molar-refractivity contribution in [3.8, 4) is 5.69 Å². The van der Waals surface area contributed by atoms with E-state index in [-0.39, 0.29) is 5.56 Å². The highest BCUT2D eigenvalue weighted by Crippen LogP contribution is 2.18. The van der Waals surface area contributed by atoms with E-state index in [1.807, 2.05) is 44.2 Å². The lowest BCUT2D eigenvalue weighted by Gasteiger charge is -2.09. The van der Waals surface area contributed by atoms with Gasteiger partial charge in [0.05, 0.1) is 18.4 Å². The van der Waals surface area contributed by atoms with Crippen molar-refractivity contribution >= 4 is 11.0 Å². The second-order valence-corrected chi connectivity index (χ2v) is 6.75. The molecule has 0 aliphatic rings. The molecule has 2 aromatic heterocycles. The van der Waals surface area contributed by atoms with Crippen molar-refractivity contribution in [3.63, 3.8) is 0 Å². The van der Waals surface area contributed by atoms with Gasteiger partial charge in [-0.2, -0.15) is 5.10 Å². The monoisotopic (exact) mass is 344 g/mol. The molecule has 130 valence electrons. The van der Waals surface area contributed by atoms with Crippen molar-refractivity contribution in [2.45, 2.75) is 27.3 Å². The van der Waals surface area contributed by atoms with Crippen LogP contribution in [0, 0.1) is 20.8 Å². The van der Waals surface area contributed by atoms with Crippen LogP contribution in [0.15, 0.2) is 59.8 Å². The van der Waals surface area contributed by atoms with Crippen molar-refractivity contribution < 1.29 is 0 Å². The van der Waals surface area contributed by atoms with Crippen LogP contribution in [-0.4, -0.2) is 19.3 Å². The van der Waals surface area contributed by atoms with Gasteiger partial charge in [-0.05, 0) is 38.0 Å². The average Bonchev–Trinajstić information content (AvgIpc) is 3.02. The Labute approximate surface area is 151 Å². The summed E-state index contributed by atoms with van der Waals surface area (Å²) in [5.41, 5.74) is 5.99. The van der Waals surface area contributed by atoms with Gasteiger partial charge in [0.2, 0.25) is 0 Å². The zero-order valence-corrected chi connectivity index (χ0v) is 15.1. The van der Waals surface area contributed by atoms with Gasteiger partial charge in [-0.1, -0.05) is 47.5 Å². The van der Waals surface area contributed by atoms with Gasteiger partial charge in [-0.3, -0.25) is 9.36 Å². The summed E-state index contributed by atoms with van der Waals surface area (Å²) in [4.78, 5) is 17.4. The van der Waals surface area contributed by atoms with Gasteiger partial charge in [0, 0.05) is 0 Å². The lowest BCUT2D eigenvalue weighted by Crippen LogP contribution is -2.21. The van der Waals surface area contributed by atoms with Crippen LogP contribution in [-0.2, 0) is 6.54 Å². The Hall–Kier alpha value is -3.21. The zero-order valence-electron chi connectivity index (χ0n) is 15.1. The second-order valence-electron chi connectivity index (χ2n) is 6.75. The molecule has 0 spiro atoms. The van der Waals surface area contributed by atoms with E-state index in [1.165, 1.54) is 11.1 Å². The maximum Gasteiger partial charge on any atom is 0.264 e. The molecule has 0 N–H and O–H groups in total. The summed E-state index contributed by atoms with van der Waals surface area (Å²) in [7, 11) is 0. The molecule has 26 heavy (non-hydrogen) atoms. The summed E-state index contributed by atoms with van der Waals surface area (Å²) >= 11 is 0. The SMILES string of the molecule is Cc1cccc(Cn2cnc3c(cnn3-c3ccc(C)cc3C)c2=O)c1. The lowest BCUT2D eigenvalue weighted by atomic mass is 10.1. The summed E-state index contributed by atoms with van der Waals surface area (Å²) in [6.45, 7) is 6.63. The van der Waals surface area contributed by atoms with Gasteiger partial charge in [-0.25, -0.2) is 9.67 Å². The third-order valence-electron chi connectivity index (χ3n) is 4.57. The first kappa shape index (κ1) is 16.3. The van der Waals surface area contributed by atoms with Gasteiger partial charge < -0.3 is 0 Å². The van der Waals surface area contributed by atoms with E-state index in [1.54, 1.807) is 21.8 Å². The molecular formula is C21H20N4O. The van der Waals surface area contributed by atoms with Crippen molar-refractivity contribution in [3.05, 3.63) is 87.6 Å². The van der Waals surface area contributed by atoms with Gasteiger partial charge in [0.1, 0.15) is 11.7 Å². The molecule has 0 atom stereocenters. The molecule has 0 unspecified atom stereocenters. The Balaban J connectivity index is 1.79. The van der Waals surface area contributed by atoms with Gasteiger partial charge in [0.25, 0.3) is 5.56 Å². The minimum atomic E-state index is -0.0764. The second kappa shape index (κ2) is 6.26. The van der Waals surface area contributed by atoms with E-state index in [2.05, 4.69) is 29.1 Å². The highest BCUT2D eigenvalue weighted by molar-refractivity contribution is 5.75. The Morgan fingerprint density at radius 2 is 1.81 bits per heavy atom. The Bertz CT molecular complexity index is 1170. The average molecular weight is 344 g/mol. The lowest BCUT2D eigenvalue weighted by molar-refractivity contribution is 0.745. The number of benzene rings is 2. The molecule has 5 heteroatoms. The highest BCUT2D eigenvalue weighted by atomic mass is 16.1. The van der Waals surface area contributed by atoms with Crippen LogP contribution in [0.25, 0.3) is 16.7 Å². The molecular weight excluding hydrogens is 324 g/mol. The maximum atomic E-state index is 12.9. The van der Waals surface area contributed by atoms with Crippen LogP contribution < -0.4 is 5.56 Å². The van der Waals surface area contributed by atoms with Gasteiger partial charge >= 0.3 is 0 Å². The summed E-state index contributed by atoms with van der Waals surface area (Å²) in [5.74, 6) is 0. The number of hydrogen-bond donors (Lipinski definition) is 0. The van der Waals surface area contributed by atoms with Crippen LogP contribution >= 0.6 is 0 Å². The molecule has 5 nitrogen and oxygen atoms in total. The predicted octanol–water partition coefficient (Wildman–Crippen LogP) is 3.56. The Morgan fingerprint density at radius 1 is 1.00 bits per heavy atom. The third-order valence-corrected chi connectivity index (χ3v) is 4.57. The fourth-order valence-electron chi connectivity index (χ4n) is 3.29. The van der Waals surface area contributed by atoms with Gasteiger partial charge in [-0.15, -0.1) is 0 Å². The van der Waals surface area contributed by atoms with Crippen molar-refractivity contribution in [1.29, 1.82) is 0 Å². The smallest absolute Gasteiger partial charge is 0.264 e. The van der Waals surface area contributed by atoms with E-state index < -0.39 is 0 Å². The number of aromatic nitrogens is 4. The minimum Gasteiger partial charge on any atom is -0.294 e. The molecule has 4 aromatic rings. The van der Waals surface area contributed by atoms with Gasteiger partial charge in [0.15, 0.2) is 5.65 Å². The summed E-state index contributed by atoms with van der Waals surface area (Å²) in [6, 6.07) is 14.3. The van der Waals surface area contributed by atoms with E-state index >= 15 is 0 Å². The number of fused-ring (bicyclic) bond motifs is 1. The first-order chi connectivity index (χ1) is 12.5. The van der Waals surface area contributed by atoms with Crippen molar-refractivity contribution in [2.75, 3.05) is 0 Å². The van der Waals surface area contributed by atoms with E-state index in [9.17, 15) is 4.79 Å². The molecule has 0 radical (unpaired) electrons. The predicted molar refractivity (Wildman–Crippen MR) is 103 cm³/mol. The fraction of sp³-hybridized carbons (Fsp3) is 0.190. The number of rotatable bonds is 3. The molecule has 0 saturated heterocycles. The van der Waals surface area contributed by atoms with E-state index in [4.69, 9.17) is 0 Å². The van der Waals surface area contributed by atoms with Crippen LogP contribution in [0.1, 0.15) is 22.3 Å². The fourth-order valence-corrected chi connectivity index (χ4v) is 3.29. The molecule has 0 fully saturated rings. The Morgan fingerprint density at radius 3 is 2.58 bits per heavy atom. The first-order valence-electron chi connectivity index (χ1n) is 8.59. The third kappa shape index (κ3) is 2.81. The summed E-state index contributed by atoms with van der Waals surface area (Å²) < 4.78 is 3.37. The summed E-state index contributed by atoms with van der Waals surface area (Å²) in [5, 5.41) is 4.95. The zero-order chi connectivity index (χ0) is 18.3. The first-order valence-corrected chi connectivity index (χ1v) is 8.59. The van der Waals surface area contributed by atoms with Crippen molar-refractivity contribution in [2.24, 2.45) is 0 Å². The quantitative estimate of drug-likeness (QED) is 0.571. The summed E-state index contributed by atoms with van der Waals surface area (Å²) in [6.07, 6.45) is 3.21. The molecule has 0 amide bonds. The number of hydrogen-bond acceptors (Lipinski definition) is 3. The highest BCUT2D eigenvalue weighted by Gasteiger charge is 2.13. The molecule has 0 saturated carbocycles. The van der Waals surface area contributed by atoms with Crippen LogP contribution in [0.2, 0.25) is 0 Å². The molecule has 4 rings (SSSR count). The number of nitrogens with zero attached hydrogens (tertiary/aromatic N) is 4. The maximum absolute atomic E-state index is 12.9. The van der Waals surface area contributed by atoms with Crippen LogP contribution in [0.4, 0.5) is 0 Å². The van der Waals surface area contributed by atoms with Crippen LogP contribution in [0.3, 0.4) is 0 Å². The Kier molecular flexibility index (Phi) is 3.92. The largest absolute Gasteiger partial charge is 0.294 e. The van der Waals surface area contributed by atoms with Crippen LogP contribution in [0.5, 0.6) is 0 Å². The minimum absolute atomic E-state index is 0.0764. The molecule has 2 aromatic carbocycles. The van der Waals surface area contributed by atoms with E-state index in [0.717, 1.165) is 16.8 Å². The molecule has 2 heterocycles. The molecule has 0 aliphatic heterocycles. The number of aryl methyl sites for hydroxylation is 3.